The van der Waals surface area contributed by atoms with Crippen LogP contribution in [0, 0.1) is 0 Å². The van der Waals surface area contributed by atoms with Crippen LogP contribution in [0.4, 0.5) is 0 Å². The van der Waals surface area contributed by atoms with Crippen LogP contribution >= 0.6 is 11.8 Å². The average Bonchev–Trinajstić information content (AvgIpc) is 2.45. The van der Waals surface area contributed by atoms with Crippen molar-refractivity contribution in [2.45, 2.75) is 48.4 Å². The summed E-state index contributed by atoms with van der Waals surface area (Å²) in [5, 5.41) is 12.9. The zero-order chi connectivity index (χ0) is 12.2. The van der Waals surface area contributed by atoms with Crippen LogP contribution in [0.15, 0.2) is 0 Å². The summed E-state index contributed by atoms with van der Waals surface area (Å²) in [7, 11) is 0. The van der Waals surface area contributed by atoms with Gasteiger partial charge in [-0.3, -0.25) is 9.59 Å². The Hall–Kier alpha value is -0.750. The van der Waals surface area contributed by atoms with Crippen molar-refractivity contribution in [2.75, 3.05) is 6.61 Å². The molecule has 2 unspecified atom stereocenters. The summed E-state index contributed by atoms with van der Waals surface area (Å²) in [6, 6.07) is 0.222. The molecule has 0 aromatic heterocycles. The van der Waals surface area contributed by atoms with Crippen molar-refractivity contribution in [1.82, 2.24) is 10.2 Å². The summed E-state index contributed by atoms with van der Waals surface area (Å²) >= 11 is 1.77. The Morgan fingerprint density at radius 3 is 2.76 bits per heavy atom. The first-order chi connectivity index (χ1) is 8.04. The minimum Gasteiger partial charge on any atom is -0.394 e. The number of β-lactam (4-membered cyclic amide) rings is 2. The minimum atomic E-state index is -0.453. The fraction of sp³-hybridized carbons (Fsp3) is 0.818. The summed E-state index contributed by atoms with van der Waals surface area (Å²) in [6.45, 7) is 1.94. The Bertz CT molecular complexity index is 381. The van der Waals surface area contributed by atoms with Crippen molar-refractivity contribution in [3.05, 3.63) is 0 Å². The van der Waals surface area contributed by atoms with Gasteiger partial charge in [0, 0.05) is 17.7 Å². The maximum Gasteiger partial charge on any atom is 0.227 e. The maximum absolute atomic E-state index is 11.6. The van der Waals surface area contributed by atoms with Gasteiger partial charge in [-0.1, -0.05) is 0 Å². The van der Waals surface area contributed by atoms with Gasteiger partial charge >= 0.3 is 0 Å². The average molecular weight is 256 g/mol. The highest BCUT2D eigenvalue weighted by Gasteiger charge is 2.58. The third kappa shape index (κ3) is 1.50. The lowest BCUT2D eigenvalue weighted by Crippen LogP contribution is -2.62. The zero-order valence-corrected chi connectivity index (χ0v) is 10.5. The lowest BCUT2D eigenvalue weighted by molar-refractivity contribution is -0.151. The normalized spacial score (nSPS) is 43.9. The number of hydrogen-bond acceptors (Lipinski definition) is 4. The monoisotopic (exact) mass is 256 g/mol. The zero-order valence-electron chi connectivity index (χ0n) is 9.68. The number of fused-ring (bicyclic) bond motifs is 1. The lowest BCUT2D eigenvalue weighted by Gasteiger charge is -2.45. The van der Waals surface area contributed by atoms with E-state index in [2.05, 4.69) is 5.32 Å². The molecule has 0 aromatic carbocycles. The van der Waals surface area contributed by atoms with Crippen LogP contribution in [-0.2, 0) is 9.59 Å². The van der Waals surface area contributed by atoms with Crippen molar-refractivity contribution >= 4 is 23.6 Å². The van der Waals surface area contributed by atoms with Gasteiger partial charge in [0.1, 0.15) is 0 Å². The molecule has 0 bridgehead atoms. The standard InChI is InChI=1S/C11H16N2O3S/c1-11(5-14)7(2-6-3-8(15)12-6)17-10-4-9(16)13(10)11/h6-7,10,14H,2-5H2,1H3,(H,12,15)/t6-,7?,10-,11?/m1/s1. The topological polar surface area (TPSA) is 69.6 Å². The second-order valence-electron chi connectivity index (χ2n) is 5.27. The van der Waals surface area contributed by atoms with Gasteiger partial charge in [-0.15, -0.1) is 11.8 Å². The number of thioether (sulfide) groups is 1. The summed E-state index contributed by atoms with van der Waals surface area (Å²) in [5.74, 6) is 0.238. The van der Waals surface area contributed by atoms with E-state index in [4.69, 9.17) is 0 Å². The van der Waals surface area contributed by atoms with E-state index in [1.807, 2.05) is 11.8 Å². The summed E-state index contributed by atoms with van der Waals surface area (Å²) in [5.41, 5.74) is -0.453. The fourth-order valence-corrected chi connectivity index (χ4v) is 4.84. The fourth-order valence-electron chi connectivity index (χ4n) is 2.92. The molecule has 17 heavy (non-hydrogen) atoms. The lowest BCUT2D eigenvalue weighted by atomic mass is 9.87. The first-order valence-corrected chi connectivity index (χ1v) is 6.87. The predicted octanol–water partition coefficient (Wildman–Crippen LogP) is -0.310. The van der Waals surface area contributed by atoms with Crippen molar-refractivity contribution in [1.29, 1.82) is 0 Å². The Kier molecular flexibility index (Phi) is 2.42. The van der Waals surface area contributed by atoms with Crippen molar-refractivity contribution in [3.63, 3.8) is 0 Å². The summed E-state index contributed by atoms with van der Waals surface area (Å²) in [4.78, 5) is 24.3. The van der Waals surface area contributed by atoms with Crippen LogP contribution < -0.4 is 5.32 Å². The van der Waals surface area contributed by atoms with Gasteiger partial charge in [0.15, 0.2) is 0 Å². The number of carbonyl (C=O) groups excluding carboxylic acids is 2. The molecule has 0 radical (unpaired) electrons. The number of nitrogens with zero attached hydrogens (tertiary/aromatic N) is 1. The highest BCUT2D eigenvalue weighted by molar-refractivity contribution is 8.01. The maximum atomic E-state index is 11.6. The van der Waals surface area contributed by atoms with E-state index in [9.17, 15) is 14.7 Å². The first-order valence-electron chi connectivity index (χ1n) is 5.92. The molecule has 3 heterocycles. The molecule has 0 aliphatic carbocycles. The van der Waals surface area contributed by atoms with Gasteiger partial charge in [0.25, 0.3) is 0 Å². The van der Waals surface area contributed by atoms with E-state index in [1.54, 1.807) is 11.8 Å². The number of nitrogens with one attached hydrogen (secondary N) is 1. The van der Waals surface area contributed by atoms with Gasteiger partial charge in [0.05, 0.1) is 23.9 Å². The van der Waals surface area contributed by atoms with Gasteiger partial charge in [0.2, 0.25) is 11.8 Å². The van der Waals surface area contributed by atoms with Crippen LogP contribution in [0.3, 0.4) is 0 Å². The van der Waals surface area contributed by atoms with Gasteiger partial charge in [-0.05, 0) is 13.3 Å². The number of carbonyl (C=O) groups is 2. The number of hydrogen-bond donors (Lipinski definition) is 2. The van der Waals surface area contributed by atoms with Gasteiger partial charge < -0.3 is 15.3 Å². The predicted molar refractivity (Wildman–Crippen MR) is 63.3 cm³/mol. The Morgan fingerprint density at radius 1 is 1.53 bits per heavy atom. The highest BCUT2D eigenvalue weighted by atomic mass is 32.2. The largest absolute Gasteiger partial charge is 0.394 e. The molecule has 94 valence electrons. The van der Waals surface area contributed by atoms with Crippen LogP contribution in [-0.4, -0.2) is 50.6 Å². The quantitative estimate of drug-likeness (QED) is 0.680. The molecule has 3 aliphatic rings. The second kappa shape index (κ2) is 3.62. The molecular weight excluding hydrogens is 240 g/mol. The van der Waals surface area contributed by atoms with E-state index in [-0.39, 0.29) is 35.1 Å². The Balaban J connectivity index is 1.71. The summed E-state index contributed by atoms with van der Waals surface area (Å²) < 4.78 is 0. The molecule has 3 fully saturated rings. The molecule has 3 rings (SSSR count). The molecule has 0 saturated carbocycles. The third-order valence-corrected chi connectivity index (χ3v) is 5.81. The van der Waals surface area contributed by atoms with Crippen molar-refractivity contribution in [3.8, 4) is 0 Å². The van der Waals surface area contributed by atoms with Crippen molar-refractivity contribution < 1.29 is 14.7 Å². The second-order valence-corrected chi connectivity index (χ2v) is 6.65. The van der Waals surface area contributed by atoms with Crippen LogP contribution in [0.1, 0.15) is 26.2 Å². The molecule has 3 aliphatic heterocycles. The molecule has 3 saturated heterocycles. The smallest absolute Gasteiger partial charge is 0.227 e. The highest BCUT2D eigenvalue weighted by Crippen LogP contribution is 2.51. The van der Waals surface area contributed by atoms with Crippen LogP contribution in [0.5, 0.6) is 0 Å². The van der Waals surface area contributed by atoms with E-state index < -0.39 is 5.54 Å². The number of amides is 2. The number of aliphatic hydroxyl groups is 1. The molecule has 2 N–H and O–H groups in total. The van der Waals surface area contributed by atoms with E-state index >= 15 is 0 Å². The molecule has 5 nitrogen and oxygen atoms in total. The number of aliphatic hydroxyl groups excluding tert-OH is 1. The van der Waals surface area contributed by atoms with E-state index in [0.29, 0.717) is 12.8 Å². The van der Waals surface area contributed by atoms with E-state index in [0.717, 1.165) is 6.42 Å². The van der Waals surface area contributed by atoms with Gasteiger partial charge in [-0.2, -0.15) is 0 Å². The molecule has 0 aromatic rings. The van der Waals surface area contributed by atoms with E-state index in [1.165, 1.54) is 0 Å². The molecule has 6 heteroatoms. The Labute approximate surface area is 104 Å². The van der Waals surface area contributed by atoms with Crippen LogP contribution in [0.25, 0.3) is 0 Å². The van der Waals surface area contributed by atoms with Crippen LogP contribution in [0.2, 0.25) is 0 Å². The SMILES string of the molecule is CC1(CO)C(C[C@@H]2CC(=O)N2)S[C@@H]2CC(=O)N21. The number of rotatable bonds is 3. The third-order valence-electron chi connectivity index (χ3n) is 4.09. The molecule has 2 amide bonds. The molecular formula is C11H16N2O3S. The van der Waals surface area contributed by atoms with Gasteiger partial charge in [-0.25, -0.2) is 0 Å². The Morgan fingerprint density at radius 2 is 2.24 bits per heavy atom. The minimum absolute atomic E-state index is 0.00638. The molecule has 0 spiro atoms. The summed E-state index contributed by atoms with van der Waals surface area (Å²) in [6.07, 6.45) is 2.01. The molecule has 4 atom stereocenters. The van der Waals surface area contributed by atoms with Crippen molar-refractivity contribution in [2.24, 2.45) is 0 Å². The first kappa shape index (κ1) is 11.3.